The van der Waals surface area contributed by atoms with Crippen molar-refractivity contribution < 1.29 is 0 Å². The van der Waals surface area contributed by atoms with E-state index in [0.717, 1.165) is 0 Å². The van der Waals surface area contributed by atoms with Crippen LogP contribution < -0.4 is 0 Å². The molecule has 0 spiro atoms. The van der Waals surface area contributed by atoms with Crippen LogP contribution in [-0.4, -0.2) is 8.13 Å². The lowest BCUT2D eigenvalue weighted by molar-refractivity contribution is 0.895. The highest BCUT2D eigenvalue weighted by Gasteiger charge is 2.41. The fourth-order valence-electron chi connectivity index (χ4n) is 0. The number of hydrogen-bond acceptors (Lipinski definition) is 0. The summed E-state index contributed by atoms with van der Waals surface area (Å²) in [5, 5.41) is 0. The Morgan fingerprint density at radius 2 is 1.00 bits per heavy atom. The third-order valence-electron chi connectivity index (χ3n) is 0.498. The third kappa shape index (κ3) is 2.84. The maximum atomic E-state index is 5.38. The minimum Gasteiger partial charge on any atom is -0.0972 e. The predicted octanol–water partition coefficient (Wildman–Crippen LogP) is 3.55. The van der Waals surface area contributed by atoms with Gasteiger partial charge < -0.3 is 0 Å². The van der Waals surface area contributed by atoms with Gasteiger partial charge in [-0.05, 0) is 6.92 Å². The first-order valence-corrected chi connectivity index (χ1v) is 3.58. The van der Waals surface area contributed by atoms with E-state index in [9.17, 15) is 0 Å². The molecule has 0 bridgehead atoms. The van der Waals surface area contributed by atoms with Crippen LogP contribution in [0.25, 0.3) is 0 Å². The quantitative estimate of drug-likeness (QED) is 0.543. The van der Waals surface area contributed by atoms with Crippen LogP contribution in [0, 0.1) is 0 Å². The molecule has 0 saturated carbocycles. The summed E-state index contributed by atoms with van der Waals surface area (Å²) >= 11 is 26.6. The Kier molecular flexibility index (Phi) is 3.06. The molecule has 0 unspecified atom stereocenters. The van der Waals surface area contributed by atoms with Gasteiger partial charge in [0.25, 0.3) is 0 Å². The molecule has 0 rings (SSSR count). The zero-order valence-corrected chi connectivity index (χ0v) is 7.67. The van der Waals surface area contributed by atoms with E-state index < -0.39 is 8.13 Å². The third-order valence-corrected chi connectivity index (χ3v) is 2.78. The molecule has 0 saturated heterocycles. The van der Waals surface area contributed by atoms with Crippen molar-refractivity contribution in [2.45, 2.75) is 15.0 Å². The lowest BCUT2D eigenvalue weighted by Crippen LogP contribution is -2.26. The maximum absolute atomic E-state index is 5.38. The first kappa shape index (κ1) is 9.45. The van der Waals surface area contributed by atoms with E-state index in [2.05, 4.69) is 0 Å². The van der Waals surface area contributed by atoms with E-state index in [0.29, 0.717) is 0 Å². The van der Waals surface area contributed by atoms with Crippen molar-refractivity contribution in [3.63, 3.8) is 0 Å². The fourth-order valence-corrected chi connectivity index (χ4v) is 0. The zero-order chi connectivity index (χ0) is 7.00. The van der Waals surface area contributed by atoms with Gasteiger partial charge in [0.2, 0.25) is 3.79 Å². The highest BCUT2D eigenvalue weighted by molar-refractivity contribution is 6.75. The monoisotopic (exact) mass is 214 g/mol. The van der Waals surface area contributed by atoms with Crippen LogP contribution in [0.1, 0.15) is 6.92 Å². The number of rotatable bonds is 0. The summed E-state index contributed by atoms with van der Waals surface area (Å²) in [7, 11) is 0. The standard InChI is InChI=1S/C3H3Cl5/c1-2(4,5)3(6,7)8/h1H3. The van der Waals surface area contributed by atoms with E-state index in [-0.39, 0.29) is 0 Å². The summed E-state index contributed by atoms with van der Waals surface area (Å²) in [5.41, 5.74) is 0. The van der Waals surface area contributed by atoms with Crippen molar-refractivity contribution in [3.8, 4) is 0 Å². The second-order valence-electron chi connectivity index (χ2n) is 1.39. The molecule has 0 heterocycles. The molecule has 0 aliphatic rings. The van der Waals surface area contributed by atoms with Gasteiger partial charge in [0, 0.05) is 0 Å². The van der Waals surface area contributed by atoms with Crippen molar-refractivity contribution in [1.82, 2.24) is 0 Å². The van der Waals surface area contributed by atoms with Crippen LogP contribution in [0.4, 0.5) is 0 Å². The minimum atomic E-state index is -1.61. The second kappa shape index (κ2) is 2.59. The van der Waals surface area contributed by atoms with E-state index >= 15 is 0 Å². The summed E-state index contributed by atoms with van der Waals surface area (Å²) in [4.78, 5) is 0. The van der Waals surface area contributed by atoms with Crippen LogP contribution in [0.3, 0.4) is 0 Å². The van der Waals surface area contributed by atoms with Crippen molar-refractivity contribution in [3.05, 3.63) is 0 Å². The molecule has 0 aromatic heterocycles. The van der Waals surface area contributed by atoms with E-state index in [4.69, 9.17) is 58.0 Å². The normalized spacial score (nSPS) is 14.2. The van der Waals surface area contributed by atoms with Crippen molar-refractivity contribution in [2.24, 2.45) is 0 Å². The Morgan fingerprint density at radius 1 is 0.875 bits per heavy atom. The Hall–Kier alpha value is 1.45. The largest absolute Gasteiger partial charge is 0.222 e. The van der Waals surface area contributed by atoms with Gasteiger partial charge in [0.1, 0.15) is 0 Å². The molecule has 0 aliphatic heterocycles. The van der Waals surface area contributed by atoms with Gasteiger partial charge in [-0.3, -0.25) is 0 Å². The molecule has 0 nitrogen and oxygen atoms in total. The maximum Gasteiger partial charge on any atom is 0.222 e. The van der Waals surface area contributed by atoms with Crippen LogP contribution in [0.15, 0.2) is 0 Å². The molecule has 0 aromatic carbocycles. The summed E-state index contributed by atoms with van der Waals surface area (Å²) in [6.45, 7) is 1.41. The van der Waals surface area contributed by atoms with Gasteiger partial charge in [0.05, 0.1) is 0 Å². The lowest BCUT2D eigenvalue weighted by atomic mass is 10.5. The topological polar surface area (TPSA) is 0 Å². The SMILES string of the molecule is CC(Cl)(Cl)C(Cl)(Cl)Cl. The Balaban J connectivity index is 4.02. The lowest BCUT2D eigenvalue weighted by Gasteiger charge is -2.21. The predicted molar refractivity (Wildman–Crippen MR) is 40.4 cm³/mol. The van der Waals surface area contributed by atoms with E-state index in [1.54, 1.807) is 0 Å². The van der Waals surface area contributed by atoms with Crippen molar-refractivity contribution in [1.29, 1.82) is 0 Å². The van der Waals surface area contributed by atoms with Crippen LogP contribution in [0.5, 0.6) is 0 Å². The molecular weight excluding hydrogens is 213 g/mol. The van der Waals surface area contributed by atoms with Crippen molar-refractivity contribution in [2.75, 3.05) is 0 Å². The zero-order valence-electron chi connectivity index (χ0n) is 3.89. The Morgan fingerprint density at radius 3 is 1.00 bits per heavy atom. The number of hydrogen-bond donors (Lipinski definition) is 0. The number of halogens is 5. The molecule has 0 aromatic rings. The molecule has 0 amide bonds. The summed E-state index contributed by atoms with van der Waals surface area (Å²) in [5.74, 6) is 0. The second-order valence-corrected chi connectivity index (χ2v) is 5.37. The molecule has 0 radical (unpaired) electrons. The van der Waals surface area contributed by atoms with Crippen LogP contribution >= 0.6 is 58.0 Å². The first-order chi connectivity index (χ1) is 3.25. The Labute approximate surface area is 73.0 Å². The van der Waals surface area contributed by atoms with E-state index in [1.807, 2.05) is 0 Å². The van der Waals surface area contributed by atoms with Gasteiger partial charge in [0.15, 0.2) is 4.33 Å². The van der Waals surface area contributed by atoms with E-state index in [1.165, 1.54) is 6.92 Å². The fraction of sp³-hybridized carbons (Fsp3) is 1.00. The smallest absolute Gasteiger partial charge is 0.0972 e. The van der Waals surface area contributed by atoms with Gasteiger partial charge in [-0.25, -0.2) is 0 Å². The summed E-state index contributed by atoms with van der Waals surface area (Å²) in [6, 6.07) is 0. The van der Waals surface area contributed by atoms with Crippen LogP contribution in [0.2, 0.25) is 0 Å². The molecule has 0 aliphatic carbocycles. The van der Waals surface area contributed by atoms with Gasteiger partial charge in [-0.15, -0.1) is 0 Å². The summed E-state index contributed by atoms with van der Waals surface area (Å²) < 4.78 is -2.94. The minimum absolute atomic E-state index is 1.32. The van der Waals surface area contributed by atoms with Crippen LogP contribution in [-0.2, 0) is 0 Å². The molecular formula is C3H3Cl5. The van der Waals surface area contributed by atoms with Crippen molar-refractivity contribution >= 4 is 58.0 Å². The average Bonchev–Trinajstić information content (AvgIpc) is 1.25. The molecule has 5 heteroatoms. The summed E-state index contributed by atoms with van der Waals surface area (Å²) in [6.07, 6.45) is 0. The van der Waals surface area contributed by atoms with Gasteiger partial charge >= 0.3 is 0 Å². The highest BCUT2D eigenvalue weighted by atomic mass is 35.6. The first-order valence-electron chi connectivity index (χ1n) is 1.69. The highest BCUT2D eigenvalue weighted by Crippen LogP contribution is 2.45. The number of alkyl halides is 5. The molecule has 0 fully saturated rings. The molecule has 0 atom stereocenters. The van der Waals surface area contributed by atoms with Gasteiger partial charge in [-0.1, -0.05) is 58.0 Å². The average molecular weight is 216 g/mol. The Bertz CT molecular complexity index is 62.7. The van der Waals surface area contributed by atoms with Gasteiger partial charge in [-0.2, -0.15) is 0 Å². The molecule has 8 heavy (non-hydrogen) atoms. The molecule has 0 N–H and O–H groups in total. The molecule has 50 valence electrons.